The van der Waals surface area contributed by atoms with Gasteiger partial charge in [-0.3, -0.25) is 4.79 Å². The predicted octanol–water partition coefficient (Wildman–Crippen LogP) is 3.79. The minimum absolute atomic E-state index is 0.106. The normalized spacial score (nSPS) is 12.2. The average molecular weight is 468 g/mol. The molecule has 33 heavy (non-hydrogen) atoms. The summed E-state index contributed by atoms with van der Waals surface area (Å²) in [6.45, 7) is 6.56. The Kier molecular flexibility index (Phi) is 7.15. The highest BCUT2D eigenvalue weighted by Crippen LogP contribution is 2.33. The molecule has 2 N–H and O–H groups in total. The SMILES string of the molecule is COCCCNC(=S)N(Cc1ccc2c(c1)OCO2)Cc1cc2c(C)cc(C)cc2[nH]c1=O. The fourth-order valence-corrected chi connectivity index (χ4v) is 4.25. The summed E-state index contributed by atoms with van der Waals surface area (Å²) in [5.41, 5.74) is 4.68. The topological polar surface area (TPSA) is 75.8 Å². The Hall–Kier alpha value is -3.10. The first-order valence-electron chi connectivity index (χ1n) is 11.0. The molecule has 1 aliphatic heterocycles. The molecular formula is C25H29N3O4S. The number of pyridine rings is 1. The number of H-pyrrole nitrogens is 1. The van der Waals surface area contributed by atoms with Gasteiger partial charge >= 0.3 is 0 Å². The second kappa shape index (κ2) is 10.2. The Morgan fingerprint density at radius 3 is 2.79 bits per heavy atom. The first-order valence-corrected chi connectivity index (χ1v) is 11.4. The van der Waals surface area contributed by atoms with Gasteiger partial charge in [-0.25, -0.2) is 0 Å². The standard InChI is InChI=1S/C25H29N3O4S/c1-16-9-17(2)20-12-19(24(29)27-21(20)10-16)14-28(25(33)26-7-4-8-30-3)13-18-5-6-22-23(11-18)32-15-31-22/h5-6,9-12H,4,7-8,13-15H2,1-3H3,(H,26,33)(H,27,29). The van der Waals surface area contributed by atoms with Crippen LogP contribution in [0.15, 0.2) is 41.2 Å². The molecule has 4 rings (SSSR count). The lowest BCUT2D eigenvalue weighted by atomic mass is 10.0. The number of nitrogens with zero attached hydrogens (tertiary/aromatic N) is 1. The molecule has 1 aromatic heterocycles. The second-order valence-corrected chi connectivity index (χ2v) is 8.68. The number of rotatable bonds is 8. The molecular weight excluding hydrogens is 438 g/mol. The van der Waals surface area contributed by atoms with Gasteiger partial charge in [0.15, 0.2) is 16.6 Å². The maximum atomic E-state index is 12.9. The van der Waals surface area contributed by atoms with E-state index in [1.54, 1.807) is 7.11 Å². The van der Waals surface area contributed by atoms with Crippen molar-refractivity contribution in [2.24, 2.45) is 0 Å². The van der Waals surface area contributed by atoms with Gasteiger partial charge in [0.25, 0.3) is 5.56 Å². The van der Waals surface area contributed by atoms with Gasteiger partial charge in [0, 0.05) is 43.3 Å². The van der Waals surface area contributed by atoms with Crippen LogP contribution in [0.3, 0.4) is 0 Å². The summed E-state index contributed by atoms with van der Waals surface area (Å²) >= 11 is 5.71. The average Bonchev–Trinajstić information content (AvgIpc) is 3.25. The summed E-state index contributed by atoms with van der Waals surface area (Å²) in [6.07, 6.45) is 0.837. The van der Waals surface area contributed by atoms with E-state index in [2.05, 4.69) is 23.3 Å². The monoisotopic (exact) mass is 467 g/mol. The largest absolute Gasteiger partial charge is 0.454 e. The van der Waals surface area contributed by atoms with Gasteiger partial charge in [0.05, 0.1) is 6.54 Å². The van der Waals surface area contributed by atoms with Gasteiger partial charge in [-0.05, 0) is 73.4 Å². The Labute approximate surface area is 198 Å². The lowest BCUT2D eigenvalue weighted by Gasteiger charge is -2.26. The summed E-state index contributed by atoms with van der Waals surface area (Å²) < 4.78 is 16.1. The van der Waals surface area contributed by atoms with Crippen LogP contribution in [0.4, 0.5) is 0 Å². The first kappa shape index (κ1) is 23.1. The molecule has 8 heteroatoms. The van der Waals surface area contributed by atoms with E-state index in [4.69, 9.17) is 26.4 Å². The van der Waals surface area contributed by atoms with Gasteiger partial charge in [0.1, 0.15) is 0 Å². The van der Waals surface area contributed by atoms with E-state index in [0.29, 0.717) is 36.9 Å². The molecule has 2 heterocycles. The van der Waals surface area contributed by atoms with Gasteiger partial charge in [-0.1, -0.05) is 12.1 Å². The van der Waals surface area contributed by atoms with Crippen LogP contribution in [0.1, 0.15) is 28.7 Å². The highest BCUT2D eigenvalue weighted by Gasteiger charge is 2.18. The van der Waals surface area contributed by atoms with Gasteiger partial charge in [-0.2, -0.15) is 0 Å². The Morgan fingerprint density at radius 1 is 1.15 bits per heavy atom. The lowest BCUT2D eigenvalue weighted by molar-refractivity contribution is 0.174. The molecule has 174 valence electrons. The minimum atomic E-state index is -0.106. The zero-order chi connectivity index (χ0) is 23.4. The van der Waals surface area contributed by atoms with Gasteiger partial charge < -0.3 is 29.4 Å². The van der Waals surface area contributed by atoms with Crippen LogP contribution in [0, 0.1) is 13.8 Å². The van der Waals surface area contributed by atoms with Crippen LogP contribution in [-0.4, -0.2) is 42.1 Å². The molecule has 0 bridgehead atoms. The van der Waals surface area contributed by atoms with E-state index >= 15 is 0 Å². The highest BCUT2D eigenvalue weighted by atomic mass is 32.1. The van der Waals surface area contributed by atoms with Crippen LogP contribution >= 0.6 is 12.2 Å². The minimum Gasteiger partial charge on any atom is -0.454 e. The Morgan fingerprint density at radius 2 is 1.97 bits per heavy atom. The van der Waals surface area contributed by atoms with Crippen LogP contribution < -0.4 is 20.3 Å². The highest BCUT2D eigenvalue weighted by molar-refractivity contribution is 7.80. The number of ether oxygens (including phenoxy) is 3. The fraction of sp³-hybridized carbons (Fsp3) is 0.360. The number of fused-ring (bicyclic) bond motifs is 2. The molecule has 7 nitrogen and oxygen atoms in total. The zero-order valence-corrected chi connectivity index (χ0v) is 20.0. The van der Waals surface area contributed by atoms with Crippen molar-refractivity contribution >= 4 is 28.2 Å². The molecule has 0 saturated carbocycles. The van der Waals surface area contributed by atoms with E-state index in [-0.39, 0.29) is 12.4 Å². The molecule has 0 amide bonds. The second-order valence-electron chi connectivity index (χ2n) is 8.29. The molecule has 0 unspecified atom stereocenters. The van der Waals surface area contributed by atoms with Crippen molar-refractivity contribution < 1.29 is 14.2 Å². The molecule has 3 aromatic rings. The van der Waals surface area contributed by atoms with Crippen molar-refractivity contribution in [3.05, 3.63) is 69.0 Å². The van der Waals surface area contributed by atoms with Gasteiger partial charge in [0.2, 0.25) is 6.79 Å². The summed E-state index contributed by atoms with van der Waals surface area (Å²) in [7, 11) is 1.68. The number of methoxy groups -OCH3 is 1. The third-order valence-electron chi connectivity index (χ3n) is 5.65. The first-order chi connectivity index (χ1) is 15.9. The predicted molar refractivity (Wildman–Crippen MR) is 133 cm³/mol. The summed E-state index contributed by atoms with van der Waals surface area (Å²) in [5, 5.41) is 4.92. The van der Waals surface area contributed by atoms with Crippen LogP contribution in [0.5, 0.6) is 11.5 Å². The van der Waals surface area contributed by atoms with E-state index in [9.17, 15) is 4.79 Å². The number of hydrogen-bond donors (Lipinski definition) is 2. The molecule has 0 aliphatic carbocycles. The van der Waals surface area contributed by atoms with Crippen molar-refractivity contribution in [1.82, 2.24) is 15.2 Å². The molecule has 0 fully saturated rings. The number of thiocarbonyl (C=S) groups is 1. The van der Waals surface area contributed by atoms with E-state index in [1.807, 2.05) is 42.2 Å². The molecule has 0 radical (unpaired) electrons. The Balaban J connectivity index is 1.60. The fourth-order valence-electron chi connectivity index (χ4n) is 4.02. The number of nitrogens with one attached hydrogen (secondary N) is 2. The van der Waals surface area contributed by atoms with Crippen LogP contribution in [-0.2, 0) is 17.8 Å². The molecule has 1 aliphatic rings. The number of hydrogen-bond acceptors (Lipinski definition) is 5. The van der Waals surface area contributed by atoms with Gasteiger partial charge in [-0.15, -0.1) is 0 Å². The van der Waals surface area contributed by atoms with Crippen molar-refractivity contribution in [3.63, 3.8) is 0 Å². The number of aromatic amines is 1. The number of aromatic nitrogens is 1. The van der Waals surface area contributed by atoms with Crippen molar-refractivity contribution in [1.29, 1.82) is 0 Å². The number of benzene rings is 2. The molecule has 0 saturated heterocycles. The zero-order valence-electron chi connectivity index (χ0n) is 19.2. The van der Waals surface area contributed by atoms with E-state index < -0.39 is 0 Å². The molecule has 0 atom stereocenters. The van der Waals surface area contributed by atoms with Crippen LogP contribution in [0.25, 0.3) is 10.9 Å². The third kappa shape index (κ3) is 5.46. The van der Waals surface area contributed by atoms with Crippen molar-refractivity contribution in [2.45, 2.75) is 33.4 Å². The summed E-state index contributed by atoms with van der Waals surface area (Å²) in [6, 6.07) is 11.9. The number of aryl methyl sites for hydroxylation is 2. The van der Waals surface area contributed by atoms with Crippen LogP contribution in [0.2, 0.25) is 0 Å². The smallest absolute Gasteiger partial charge is 0.253 e. The third-order valence-corrected chi connectivity index (χ3v) is 6.05. The quantitative estimate of drug-likeness (QED) is 0.386. The lowest BCUT2D eigenvalue weighted by Crippen LogP contribution is -2.40. The van der Waals surface area contributed by atoms with E-state index in [1.165, 1.54) is 0 Å². The maximum Gasteiger partial charge on any atom is 0.253 e. The summed E-state index contributed by atoms with van der Waals surface area (Å²) in [4.78, 5) is 18.0. The molecule has 2 aromatic carbocycles. The van der Waals surface area contributed by atoms with Crippen molar-refractivity contribution in [2.75, 3.05) is 27.1 Å². The summed E-state index contributed by atoms with van der Waals surface area (Å²) in [5.74, 6) is 1.46. The Bertz CT molecular complexity index is 1220. The molecule has 0 spiro atoms. The maximum absolute atomic E-state index is 12.9. The van der Waals surface area contributed by atoms with Crippen molar-refractivity contribution in [3.8, 4) is 11.5 Å². The van der Waals surface area contributed by atoms with E-state index in [0.717, 1.165) is 45.5 Å².